The molecular formula is C27H60N3PS. The van der Waals surface area contributed by atoms with Crippen LogP contribution in [0.4, 0.5) is 0 Å². The largest absolute Gasteiger partial charge is 0.321 e. The summed E-state index contributed by atoms with van der Waals surface area (Å²) < 4.78 is 0. The van der Waals surface area contributed by atoms with Gasteiger partial charge in [-0.15, -0.1) is 0 Å². The Morgan fingerprint density at radius 3 is 0.719 bits per heavy atom. The summed E-state index contributed by atoms with van der Waals surface area (Å²) in [6.45, 7) is 13.6. The monoisotopic (exact) mass is 489 g/mol. The standard InChI is InChI=1S/C27H60N3PS/c1-7-13-19-25(28,20-14-8-2)31(32,26(29,21-15-9-3)22-16-10-4)27(30,23-17-11-5)24-18-12-6/h7-24,28-30H2,1-6H3. The molecule has 0 bridgehead atoms. The minimum Gasteiger partial charge on any atom is -0.321 e. The molecule has 0 fully saturated rings. The van der Waals surface area contributed by atoms with Gasteiger partial charge in [0.15, 0.2) is 0 Å². The third-order valence-corrected chi connectivity index (χ3v) is 16.0. The SMILES string of the molecule is CCCCC(N)(CCCC)P(=S)(C(N)(CCCC)CCCC)C(N)(CCCC)CCCC. The van der Waals surface area contributed by atoms with E-state index in [1.807, 2.05) is 0 Å². The molecule has 0 aliphatic heterocycles. The normalized spacial score (nSPS) is 13.7. The lowest BCUT2D eigenvalue weighted by atomic mass is 10.0. The maximum Gasteiger partial charge on any atom is 0.0481 e. The fraction of sp³-hybridized carbons (Fsp3) is 1.00. The van der Waals surface area contributed by atoms with Crippen molar-refractivity contribution >= 4 is 17.8 Å². The van der Waals surface area contributed by atoms with Crippen molar-refractivity contribution in [3.8, 4) is 0 Å². The van der Waals surface area contributed by atoms with Crippen molar-refractivity contribution in [3.63, 3.8) is 0 Å². The molecule has 0 rings (SSSR count). The fourth-order valence-electron chi connectivity index (χ4n) is 5.55. The van der Waals surface area contributed by atoms with Gasteiger partial charge in [0.2, 0.25) is 0 Å². The van der Waals surface area contributed by atoms with E-state index in [2.05, 4.69) is 41.5 Å². The van der Waals surface area contributed by atoms with Crippen LogP contribution < -0.4 is 17.2 Å². The highest BCUT2D eigenvalue weighted by molar-refractivity contribution is 8.16. The van der Waals surface area contributed by atoms with Crippen LogP contribution in [0.2, 0.25) is 0 Å². The minimum atomic E-state index is -2.40. The van der Waals surface area contributed by atoms with Crippen LogP contribution in [-0.4, -0.2) is 15.8 Å². The molecule has 0 heterocycles. The van der Waals surface area contributed by atoms with E-state index in [4.69, 9.17) is 29.0 Å². The van der Waals surface area contributed by atoms with Crippen molar-refractivity contribution in [3.05, 3.63) is 0 Å². The number of unbranched alkanes of at least 4 members (excludes halogenated alkanes) is 6. The molecule has 0 radical (unpaired) electrons. The van der Waals surface area contributed by atoms with E-state index in [-0.39, 0.29) is 0 Å². The lowest BCUT2D eigenvalue weighted by Crippen LogP contribution is -2.61. The van der Waals surface area contributed by atoms with E-state index in [0.29, 0.717) is 0 Å². The summed E-state index contributed by atoms with van der Waals surface area (Å²) in [5.41, 5.74) is 22.8. The lowest BCUT2D eigenvalue weighted by molar-refractivity contribution is 0.378. The highest BCUT2D eigenvalue weighted by Crippen LogP contribution is 2.76. The molecule has 0 aliphatic rings. The van der Waals surface area contributed by atoms with E-state index >= 15 is 0 Å². The van der Waals surface area contributed by atoms with Gasteiger partial charge in [-0.1, -0.05) is 130 Å². The van der Waals surface area contributed by atoms with Crippen LogP contribution in [-0.2, 0) is 11.8 Å². The molecule has 0 aliphatic carbocycles. The van der Waals surface area contributed by atoms with Gasteiger partial charge in [-0.2, -0.15) is 0 Å². The van der Waals surface area contributed by atoms with Gasteiger partial charge < -0.3 is 17.2 Å². The maximum absolute atomic E-state index is 7.59. The van der Waals surface area contributed by atoms with Gasteiger partial charge in [-0.3, -0.25) is 0 Å². The van der Waals surface area contributed by atoms with Crippen LogP contribution >= 0.6 is 6.04 Å². The molecule has 0 spiro atoms. The minimum absolute atomic E-state index is 0.402. The molecule has 3 nitrogen and oxygen atoms in total. The average molecular weight is 490 g/mol. The average Bonchev–Trinajstić information content (AvgIpc) is 2.80. The Balaban J connectivity index is 6.96. The second-order valence-corrected chi connectivity index (χ2v) is 16.1. The fourth-order valence-corrected chi connectivity index (χ4v) is 12.7. The second-order valence-electron chi connectivity index (χ2n) is 10.5. The Bertz CT molecular complexity index is 428. The zero-order valence-corrected chi connectivity index (χ0v) is 24.5. The highest BCUT2D eigenvalue weighted by Gasteiger charge is 2.59. The Morgan fingerprint density at radius 1 is 0.438 bits per heavy atom. The molecule has 0 aromatic carbocycles. The zero-order chi connectivity index (χ0) is 24.7. The smallest absolute Gasteiger partial charge is 0.0481 e. The van der Waals surface area contributed by atoms with Gasteiger partial charge in [-0.05, 0) is 38.5 Å². The Labute approximate surface area is 207 Å². The van der Waals surface area contributed by atoms with Gasteiger partial charge in [0.25, 0.3) is 0 Å². The maximum atomic E-state index is 7.59. The topological polar surface area (TPSA) is 78.1 Å². The predicted molar refractivity (Wildman–Crippen MR) is 152 cm³/mol. The summed E-state index contributed by atoms with van der Waals surface area (Å²) in [6.07, 6.45) is 19.5. The number of nitrogens with two attached hydrogens (primary N) is 3. The molecule has 0 unspecified atom stereocenters. The van der Waals surface area contributed by atoms with E-state index in [1.165, 1.54) is 0 Å². The first kappa shape index (κ1) is 32.5. The van der Waals surface area contributed by atoms with Crippen LogP contribution in [0.5, 0.6) is 0 Å². The van der Waals surface area contributed by atoms with Gasteiger partial charge in [-0.25, -0.2) is 0 Å². The third kappa shape index (κ3) is 8.04. The van der Waals surface area contributed by atoms with Crippen LogP contribution in [0.15, 0.2) is 0 Å². The number of hydrogen-bond acceptors (Lipinski definition) is 4. The van der Waals surface area contributed by atoms with Crippen molar-refractivity contribution in [1.29, 1.82) is 0 Å². The molecule has 0 aromatic heterocycles. The number of rotatable bonds is 21. The Hall–Kier alpha value is 0.530. The van der Waals surface area contributed by atoms with Crippen molar-refractivity contribution in [1.82, 2.24) is 0 Å². The molecule has 0 amide bonds. The summed E-state index contributed by atoms with van der Waals surface area (Å²) in [4.78, 5) is 0. The molecule has 32 heavy (non-hydrogen) atoms. The van der Waals surface area contributed by atoms with Gasteiger partial charge in [0.05, 0.1) is 0 Å². The lowest BCUT2D eigenvalue weighted by Gasteiger charge is -2.59. The van der Waals surface area contributed by atoms with Crippen molar-refractivity contribution in [2.45, 2.75) is 173 Å². The van der Waals surface area contributed by atoms with Crippen molar-refractivity contribution < 1.29 is 0 Å². The summed E-state index contributed by atoms with van der Waals surface area (Å²) >= 11 is 7.02. The van der Waals surface area contributed by atoms with Gasteiger partial charge >= 0.3 is 0 Å². The van der Waals surface area contributed by atoms with E-state index in [0.717, 1.165) is 116 Å². The Kier molecular flexibility index (Phi) is 16.5. The quantitative estimate of drug-likeness (QED) is 0.141. The van der Waals surface area contributed by atoms with Crippen molar-refractivity contribution in [2.24, 2.45) is 17.2 Å². The summed E-state index contributed by atoms with van der Waals surface area (Å²) in [6, 6.07) is -2.40. The second kappa shape index (κ2) is 16.2. The van der Waals surface area contributed by atoms with Crippen LogP contribution in [0.1, 0.15) is 157 Å². The first-order valence-electron chi connectivity index (χ1n) is 14.1. The summed E-state index contributed by atoms with van der Waals surface area (Å²) in [7, 11) is 0. The molecule has 0 aromatic rings. The van der Waals surface area contributed by atoms with Crippen LogP contribution in [0, 0.1) is 0 Å². The molecule has 0 atom stereocenters. The first-order chi connectivity index (χ1) is 15.1. The van der Waals surface area contributed by atoms with Crippen LogP contribution in [0.25, 0.3) is 0 Å². The first-order valence-corrected chi connectivity index (χ1v) is 16.9. The molecule has 194 valence electrons. The highest BCUT2D eigenvalue weighted by atomic mass is 32.4. The predicted octanol–water partition coefficient (Wildman–Crippen LogP) is 8.57. The van der Waals surface area contributed by atoms with E-state index in [9.17, 15) is 0 Å². The number of hydrogen-bond donors (Lipinski definition) is 3. The summed E-state index contributed by atoms with van der Waals surface area (Å²) in [5.74, 6) is 0. The van der Waals surface area contributed by atoms with Crippen molar-refractivity contribution in [2.75, 3.05) is 0 Å². The molecule has 5 heteroatoms. The molecule has 0 saturated carbocycles. The van der Waals surface area contributed by atoms with Gasteiger partial charge in [0, 0.05) is 21.9 Å². The molecule has 0 saturated heterocycles. The Morgan fingerprint density at radius 2 is 0.594 bits per heavy atom. The molecular weight excluding hydrogens is 429 g/mol. The molecule has 6 N–H and O–H groups in total. The van der Waals surface area contributed by atoms with Gasteiger partial charge in [0.1, 0.15) is 0 Å². The zero-order valence-electron chi connectivity index (χ0n) is 22.8. The summed E-state index contributed by atoms with van der Waals surface area (Å²) in [5, 5.41) is -1.21. The van der Waals surface area contributed by atoms with E-state index < -0.39 is 21.9 Å². The van der Waals surface area contributed by atoms with Crippen LogP contribution in [0.3, 0.4) is 0 Å². The van der Waals surface area contributed by atoms with E-state index in [1.54, 1.807) is 0 Å². The third-order valence-electron chi connectivity index (χ3n) is 7.66.